The molecule has 2 bridgehead atoms. The third kappa shape index (κ3) is 2.80. The van der Waals surface area contributed by atoms with Gasteiger partial charge in [0.2, 0.25) is 5.91 Å². The summed E-state index contributed by atoms with van der Waals surface area (Å²) in [4.78, 5) is 20.1. The average molecular weight is 281 g/mol. The summed E-state index contributed by atoms with van der Waals surface area (Å²) in [5.74, 6) is 0.101. The fourth-order valence-electron chi connectivity index (χ4n) is 2.77. The van der Waals surface area contributed by atoms with Crippen molar-refractivity contribution in [2.45, 2.75) is 26.4 Å². The summed E-state index contributed by atoms with van der Waals surface area (Å²) in [5.41, 5.74) is 1.12. The number of carbonyl (C=O) groups excluding carboxylic acids is 1. The first-order valence-electron chi connectivity index (χ1n) is 6.65. The van der Waals surface area contributed by atoms with E-state index in [0.717, 1.165) is 30.3 Å². The van der Waals surface area contributed by atoms with Gasteiger partial charge in [-0.15, -0.1) is 11.3 Å². The zero-order chi connectivity index (χ0) is 13.4. The van der Waals surface area contributed by atoms with E-state index in [9.17, 15) is 4.79 Å². The number of rotatable bonds is 2. The lowest BCUT2D eigenvalue weighted by molar-refractivity contribution is -0.125. The minimum absolute atomic E-state index is 0.0400. The number of carbonyl (C=O) groups is 1. The molecule has 3 rings (SSSR count). The molecule has 104 valence electrons. The predicted molar refractivity (Wildman–Crippen MR) is 73.1 cm³/mol. The Morgan fingerprint density at radius 3 is 3.00 bits per heavy atom. The molecule has 1 aromatic heterocycles. The molecule has 2 aliphatic heterocycles. The first-order chi connectivity index (χ1) is 9.11. The molecule has 1 aromatic rings. The van der Waals surface area contributed by atoms with Crippen molar-refractivity contribution in [1.29, 1.82) is 0 Å². The normalized spacial score (nSPS) is 28.0. The van der Waals surface area contributed by atoms with E-state index in [-0.39, 0.29) is 17.9 Å². The Hall–Kier alpha value is -0.980. The van der Waals surface area contributed by atoms with Gasteiger partial charge in [0, 0.05) is 24.5 Å². The summed E-state index contributed by atoms with van der Waals surface area (Å²) in [6, 6.07) is 0.120. The summed E-state index contributed by atoms with van der Waals surface area (Å²) in [7, 11) is 0. The predicted octanol–water partition coefficient (Wildman–Crippen LogP) is 0.707. The van der Waals surface area contributed by atoms with Crippen molar-refractivity contribution >= 4 is 17.2 Å². The van der Waals surface area contributed by atoms with E-state index in [2.05, 4.69) is 22.1 Å². The van der Waals surface area contributed by atoms with Gasteiger partial charge in [0.1, 0.15) is 0 Å². The standard InChI is InChI=1S/C13H19N3O2S/c1-8-12(19-9(2)14-8)5-16-3-10-6-18-7-11(4-16)15-13(10)17/h10-11H,3-7H2,1-2H3,(H,15,17)/t10-,11+/m1/s1. The molecule has 0 aliphatic carbocycles. The molecule has 5 nitrogen and oxygen atoms in total. The highest BCUT2D eigenvalue weighted by molar-refractivity contribution is 7.11. The molecular weight excluding hydrogens is 262 g/mol. The molecule has 0 spiro atoms. The number of aromatic nitrogens is 1. The first-order valence-corrected chi connectivity index (χ1v) is 7.47. The van der Waals surface area contributed by atoms with E-state index in [1.165, 1.54) is 4.88 Å². The van der Waals surface area contributed by atoms with Crippen molar-refractivity contribution in [1.82, 2.24) is 15.2 Å². The molecule has 0 radical (unpaired) electrons. The second-order valence-corrected chi connectivity index (χ2v) is 6.66. The fraction of sp³-hybridized carbons (Fsp3) is 0.692. The summed E-state index contributed by atoms with van der Waals surface area (Å²) in [5, 5.41) is 4.17. The maximum atomic E-state index is 11.9. The van der Waals surface area contributed by atoms with Gasteiger partial charge in [-0.05, 0) is 13.8 Å². The van der Waals surface area contributed by atoms with Crippen molar-refractivity contribution in [2.24, 2.45) is 5.92 Å². The Balaban J connectivity index is 1.75. The minimum Gasteiger partial charge on any atom is -0.378 e. The van der Waals surface area contributed by atoms with Crippen molar-refractivity contribution < 1.29 is 9.53 Å². The van der Waals surface area contributed by atoms with Crippen LogP contribution in [0.5, 0.6) is 0 Å². The number of amides is 1. The van der Waals surface area contributed by atoms with Crippen LogP contribution < -0.4 is 5.32 Å². The molecule has 0 unspecified atom stereocenters. The Bertz CT molecular complexity index is 488. The maximum Gasteiger partial charge on any atom is 0.227 e. The van der Waals surface area contributed by atoms with Crippen LogP contribution in [0, 0.1) is 19.8 Å². The van der Waals surface area contributed by atoms with E-state index in [0.29, 0.717) is 13.2 Å². The van der Waals surface area contributed by atoms with Crippen LogP contribution in [0.15, 0.2) is 0 Å². The highest BCUT2D eigenvalue weighted by atomic mass is 32.1. The summed E-state index contributed by atoms with van der Waals surface area (Å²) in [6.45, 7) is 7.79. The van der Waals surface area contributed by atoms with Crippen molar-refractivity contribution in [3.8, 4) is 0 Å². The molecular formula is C13H19N3O2S. The Labute approximate surface area is 117 Å². The number of ether oxygens (including phenoxy) is 1. The number of fused-ring (bicyclic) bond motifs is 3. The van der Waals surface area contributed by atoms with Crippen LogP contribution in [0.4, 0.5) is 0 Å². The monoisotopic (exact) mass is 281 g/mol. The van der Waals surface area contributed by atoms with Crippen LogP contribution in [-0.2, 0) is 16.1 Å². The number of hydrogen-bond acceptors (Lipinski definition) is 5. The number of nitrogens with one attached hydrogen (secondary N) is 1. The van der Waals surface area contributed by atoms with Crippen molar-refractivity contribution in [3.05, 3.63) is 15.6 Å². The largest absolute Gasteiger partial charge is 0.378 e. The van der Waals surface area contributed by atoms with Crippen molar-refractivity contribution in [2.75, 3.05) is 26.3 Å². The zero-order valence-electron chi connectivity index (χ0n) is 11.3. The lowest BCUT2D eigenvalue weighted by atomic mass is 10.1. The SMILES string of the molecule is Cc1nc(C)c(CN2C[C@H]3COC[C@@H](C2)C(=O)N3)s1. The number of hydrogen-bond donors (Lipinski definition) is 1. The molecule has 2 fully saturated rings. The number of thiazole rings is 1. The van der Waals surface area contributed by atoms with Crippen LogP contribution in [0.2, 0.25) is 0 Å². The average Bonchev–Trinajstić information content (AvgIpc) is 2.47. The van der Waals surface area contributed by atoms with Crippen LogP contribution in [0.3, 0.4) is 0 Å². The molecule has 19 heavy (non-hydrogen) atoms. The molecule has 0 saturated carbocycles. The van der Waals surface area contributed by atoms with E-state index < -0.39 is 0 Å². The van der Waals surface area contributed by atoms with Gasteiger partial charge < -0.3 is 10.1 Å². The van der Waals surface area contributed by atoms with Crippen LogP contribution in [0.25, 0.3) is 0 Å². The Morgan fingerprint density at radius 1 is 1.42 bits per heavy atom. The van der Waals surface area contributed by atoms with E-state index >= 15 is 0 Å². The van der Waals surface area contributed by atoms with Gasteiger partial charge in [-0.3, -0.25) is 9.69 Å². The molecule has 0 aromatic carbocycles. The van der Waals surface area contributed by atoms with Gasteiger partial charge in [-0.25, -0.2) is 4.98 Å². The summed E-state index contributed by atoms with van der Waals surface area (Å²) >= 11 is 1.75. The molecule has 2 aliphatic rings. The summed E-state index contributed by atoms with van der Waals surface area (Å²) in [6.07, 6.45) is 0. The van der Waals surface area contributed by atoms with E-state index in [1.807, 2.05) is 6.92 Å². The smallest absolute Gasteiger partial charge is 0.227 e. The summed E-state index contributed by atoms with van der Waals surface area (Å²) < 4.78 is 5.54. The highest BCUT2D eigenvalue weighted by Gasteiger charge is 2.33. The zero-order valence-corrected chi connectivity index (χ0v) is 12.1. The Kier molecular flexibility index (Phi) is 3.56. The second-order valence-electron chi connectivity index (χ2n) is 5.38. The number of nitrogens with zero attached hydrogens (tertiary/aromatic N) is 2. The molecule has 1 amide bonds. The van der Waals surface area contributed by atoms with E-state index in [1.54, 1.807) is 11.3 Å². The third-order valence-corrected chi connectivity index (χ3v) is 4.74. The highest BCUT2D eigenvalue weighted by Crippen LogP contribution is 2.22. The Morgan fingerprint density at radius 2 is 2.26 bits per heavy atom. The minimum atomic E-state index is -0.0400. The lowest BCUT2D eigenvalue weighted by Gasteiger charge is -2.27. The first kappa shape index (κ1) is 13.0. The molecule has 3 heterocycles. The number of aryl methyl sites for hydroxylation is 2. The van der Waals surface area contributed by atoms with E-state index in [4.69, 9.17) is 4.74 Å². The lowest BCUT2D eigenvalue weighted by Crippen LogP contribution is -2.41. The van der Waals surface area contributed by atoms with Gasteiger partial charge in [0.25, 0.3) is 0 Å². The van der Waals surface area contributed by atoms with Gasteiger partial charge in [0.05, 0.1) is 35.9 Å². The quantitative estimate of drug-likeness (QED) is 0.867. The van der Waals surface area contributed by atoms with Gasteiger partial charge in [-0.2, -0.15) is 0 Å². The molecule has 2 saturated heterocycles. The second kappa shape index (κ2) is 5.19. The van der Waals surface area contributed by atoms with Crippen LogP contribution in [0.1, 0.15) is 15.6 Å². The van der Waals surface area contributed by atoms with Gasteiger partial charge in [-0.1, -0.05) is 0 Å². The van der Waals surface area contributed by atoms with Crippen molar-refractivity contribution in [3.63, 3.8) is 0 Å². The van der Waals surface area contributed by atoms with Gasteiger partial charge >= 0.3 is 0 Å². The van der Waals surface area contributed by atoms with Gasteiger partial charge in [0.15, 0.2) is 0 Å². The topological polar surface area (TPSA) is 54.5 Å². The van der Waals surface area contributed by atoms with Crippen LogP contribution >= 0.6 is 11.3 Å². The van der Waals surface area contributed by atoms with Crippen LogP contribution in [-0.4, -0.2) is 48.1 Å². The maximum absolute atomic E-state index is 11.9. The fourth-order valence-corrected chi connectivity index (χ4v) is 3.75. The molecule has 1 N–H and O–H groups in total. The molecule has 6 heteroatoms. The molecule has 2 atom stereocenters. The third-order valence-electron chi connectivity index (χ3n) is 3.68.